The summed E-state index contributed by atoms with van der Waals surface area (Å²) in [4.78, 5) is 18.2. The molecule has 5 rings (SSSR count). The summed E-state index contributed by atoms with van der Waals surface area (Å²) in [5.41, 5.74) is 2.76. The number of aliphatic hydroxyl groups is 1. The number of fused-ring (bicyclic) bond motifs is 1. The topological polar surface area (TPSA) is 89.1 Å². The molecule has 3 atom stereocenters. The van der Waals surface area contributed by atoms with Crippen molar-refractivity contribution in [2.24, 2.45) is 0 Å². The monoisotopic (exact) mass is 541 g/mol. The normalized spacial score (nSPS) is 27.6. The maximum atomic E-state index is 13.3. The van der Waals surface area contributed by atoms with Gasteiger partial charge >= 0.3 is 0 Å². The fourth-order valence-corrected chi connectivity index (χ4v) is 7.01. The zero-order chi connectivity index (χ0) is 26.9. The number of rotatable bonds is 8. The molecule has 39 heavy (non-hydrogen) atoms. The van der Waals surface area contributed by atoms with Crippen molar-refractivity contribution < 1.29 is 14.6 Å². The molecule has 2 saturated heterocycles. The van der Waals surface area contributed by atoms with Gasteiger partial charge in [-0.25, -0.2) is 0 Å². The van der Waals surface area contributed by atoms with Crippen molar-refractivity contribution in [2.75, 3.05) is 39.5 Å². The van der Waals surface area contributed by atoms with Crippen LogP contribution in [0.25, 0.3) is 0 Å². The number of hydrogen-bond donors (Lipinski definition) is 4. The summed E-state index contributed by atoms with van der Waals surface area (Å²) in [5.74, 6) is 0.00549. The molecule has 3 heterocycles. The summed E-state index contributed by atoms with van der Waals surface area (Å²) < 4.78 is 5.60. The van der Waals surface area contributed by atoms with Crippen LogP contribution in [0.5, 0.6) is 0 Å². The Bertz CT molecular complexity index is 885. The van der Waals surface area contributed by atoms with Crippen LogP contribution in [0.3, 0.4) is 0 Å². The van der Waals surface area contributed by atoms with Gasteiger partial charge in [-0.3, -0.25) is 25.2 Å². The van der Waals surface area contributed by atoms with Crippen LogP contribution in [0.1, 0.15) is 81.8 Å². The van der Waals surface area contributed by atoms with Crippen molar-refractivity contribution in [2.45, 2.75) is 114 Å². The van der Waals surface area contributed by atoms with Gasteiger partial charge in [-0.2, -0.15) is 0 Å². The Kier molecular flexibility index (Phi) is 11.1. The Morgan fingerprint density at radius 1 is 1.03 bits per heavy atom. The Labute approximate surface area is 235 Å². The van der Waals surface area contributed by atoms with E-state index in [1.54, 1.807) is 0 Å². The summed E-state index contributed by atoms with van der Waals surface area (Å²) in [6.07, 6.45) is 14.0. The Morgan fingerprint density at radius 3 is 2.51 bits per heavy atom. The van der Waals surface area contributed by atoms with E-state index in [4.69, 9.17) is 4.74 Å². The van der Waals surface area contributed by atoms with E-state index in [-0.39, 0.29) is 18.1 Å². The number of benzene rings is 1. The second-order valence-corrected chi connectivity index (χ2v) is 12.2. The first kappa shape index (κ1) is 29.0. The van der Waals surface area contributed by atoms with Crippen LogP contribution < -0.4 is 16.0 Å². The third-order valence-electron chi connectivity index (χ3n) is 9.33. The van der Waals surface area contributed by atoms with Gasteiger partial charge in [0.1, 0.15) is 0 Å². The summed E-state index contributed by atoms with van der Waals surface area (Å²) in [6, 6.07) is 9.32. The molecule has 1 aliphatic carbocycles. The van der Waals surface area contributed by atoms with Gasteiger partial charge in [0.25, 0.3) is 0 Å². The lowest BCUT2D eigenvalue weighted by Gasteiger charge is -2.46. The Hall–Kier alpha value is -1.55. The fourth-order valence-electron chi connectivity index (χ4n) is 7.01. The molecule has 0 aromatic heterocycles. The fraction of sp³-hybridized carbons (Fsp3) is 0.774. The maximum Gasteiger partial charge on any atom is 0.237 e. The molecular formula is C31H51N5O3. The number of ether oxygens (including phenoxy) is 1. The third-order valence-corrected chi connectivity index (χ3v) is 9.33. The number of amides is 1. The average Bonchev–Trinajstić information content (AvgIpc) is 3.11. The molecule has 3 aliphatic heterocycles. The molecule has 1 aromatic rings. The van der Waals surface area contributed by atoms with Crippen LogP contribution in [0, 0.1) is 0 Å². The lowest BCUT2D eigenvalue weighted by atomic mass is 9.98. The third kappa shape index (κ3) is 8.47. The van der Waals surface area contributed by atoms with Crippen molar-refractivity contribution in [3.05, 3.63) is 35.4 Å². The van der Waals surface area contributed by atoms with E-state index in [0.717, 1.165) is 58.7 Å². The maximum absolute atomic E-state index is 13.3. The summed E-state index contributed by atoms with van der Waals surface area (Å²) >= 11 is 0. The highest BCUT2D eigenvalue weighted by Gasteiger charge is 2.36. The second kappa shape index (κ2) is 14.9. The smallest absolute Gasteiger partial charge is 0.237 e. The molecular weight excluding hydrogens is 490 g/mol. The molecule has 8 nitrogen and oxygen atoms in total. The van der Waals surface area contributed by atoms with E-state index in [9.17, 15) is 9.90 Å². The van der Waals surface area contributed by atoms with Crippen molar-refractivity contribution >= 4 is 5.91 Å². The number of nitrogens with one attached hydrogen (secondary N) is 3. The minimum absolute atomic E-state index is 0.00549. The highest BCUT2D eigenvalue weighted by molar-refractivity contribution is 5.81. The number of aliphatic hydroxyl groups excluding tert-OH is 1. The number of hydrogen-bond acceptors (Lipinski definition) is 7. The molecule has 3 fully saturated rings. The summed E-state index contributed by atoms with van der Waals surface area (Å²) in [6.45, 7) is 5.05. The number of carbonyl (C=O) groups is 1. The molecule has 4 aliphatic rings. The molecule has 4 N–H and O–H groups in total. The van der Waals surface area contributed by atoms with Crippen LogP contribution in [-0.2, 0) is 22.5 Å². The first-order valence-corrected chi connectivity index (χ1v) is 15.7. The lowest BCUT2D eigenvalue weighted by Crippen LogP contribution is -2.65. The summed E-state index contributed by atoms with van der Waals surface area (Å²) in [5, 5.41) is 21.3. The molecule has 218 valence electrons. The van der Waals surface area contributed by atoms with Gasteiger partial charge in [-0.15, -0.1) is 0 Å². The predicted molar refractivity (Wildman–Crippen MR) is 154 cm³/mol. The largest absolute Gasteiger partial charge is 0.390 e. The zero-order valence-electron chi connectivity index (χ0n) is 23.8. The molecule has 1 saturated carbocycles. The van der Waals surface area contributed by atoms with E-state index in [1.165, 1.54) is 62.5 Å². The van der Waals surface area contributed by atoms with E-state index in [1.807, 2.05) is 0 Å². The van der Waals surface area contributed by atoms with Gasteiger partial charge < -0.3 is 15.2 Å². The van der Waals surface area contributed by atoms with Gasteiger partial charge in [0.15, 0.2) is 0 Å². The van der Waals surface area contributed by atoms with E-state index in [0.29, 0.717) is 25.2 Å². The SMILES string of the molecule is O=C(NC[C@H](O)CN1CCc2ccccc2C1)C1CC(NC2CCOCC2)N(C2CCCCCCCC2)CN1. The Morgan fingerprint density at radius 2 is 1.74 bits per heavy atom. The molecule has 1 amide bonds. The van der Waals surface area contributed by atoms with Crippen molar-refractivity contribution in [3.8, 4) is 0 Å². The van der Waals surface area contributed by atoms with Gasteiger partial charge in [-0.05, 0) is 43.2 Å². The molecule has 2 unspecified atom stereocenters. The lowest BCUT2D eigenvalue weighted by molar-refractivity contribution is -0.126. The van der Waals surface area contributed by atoms with Crippen LogP contribution in [0.15, 0.2) is 24.3 Å². The van der Waals surface area contributed by atoms with Crippen molar-refractivity contribution in [3.63, 3.8) is 0 Å². The first-order valence-electron chi connectivity index (χ1n) is 15.7. The van der Waals surface area contributed by atoms with E-state index >= 15 is 0 Å². The van der Waals surface area contributed by atoms with Crippen LogP contribution in [0.2, 0.25) is 0 Å². The molecule has 8 heteroatoms. The average molecular weight is 542 g/mol. The first-order chi connectivity index (χ1) is 19.2. The number of β-amino-alcohol motifs (C(OH)–C–C–N with tert-alkyl or cyclic N) is 1. The number of carbonyl (C=O) groups excluding carboxylic acids is 1. The predicted octanol–water partition coefficient (Wildman–Crippen LogP) is 2.74. The molecule has 1 aromatic carbocycles. The van der Waals surface area contributed by atoms with Gasteiger partial charge in [0.05, 0.1) is 25.0 Å². The van der Waals surface area contributed by atoms with E-state index < -0.39 is 6.10 Å². The van der Waals surface area contributed by atoms with Crippen molar-refractivity contribution in [1.82, 2.24) is 25.8 Å². The van der Waals surface area contributed by atoms with Crippen LogP contribution in [-0.4, -0.2) is 90.7 Å². The standard InChI is InChI=1S/C31H51N5O3/c37-28(22-35-16-13-24-9-7-8-10-25(24)21-35)20-32-31(38)29-19-30(34-26-14-17-39-18-15-26)36(23-33-29)27-11-5-3-1-2-4-6-12-27/h7-10,26-30,33-34,37H,1-6,11-23H2,(H,32,38)/t28-,29?,30?/m0/s1. The minimum Gasteiger partial charge on any atom is -0.390 e. The second-order valence-electron chi connectivity index (χ2n) is 12.2. The van der Waals surface area contributed by atoms with Crippen LogP contribution in [0.4, 0.5) is 0 Å². The van der Waals surface area contributed by atoms with Gasteiger partial charge in [0, 0.05) is 57.9 Å². The highest BCUT2D eigenvalue weighted by Crippen LogP contribution is 2.26. The minimum atomic E-state index is -0.575. The number of nitrogens with zero attached hydrogens (tertiary/aromatic N) is 2. The zero-order valence-corrected chi connectivity index (χ0v) is 23.8. The highest BCUT2D eigenvalue weighted by atomic mass is 16.5. The van der Waals surface area contributed by atoms with E-state index in [2.05, 4.69) is 50.0 Å². The summed E-state index contributed by atoms with van der Waals surface area (Å²) in [7, 11) is 0. The van der Waals surface area contributed by atoms with Gasteiger partial charge in [-0.1, -0.05) is 62.8 Å². The van der Waals surface area contributed by atoms with Crippen molar-refractivity contribution in [1.29, 1.82) is 0 Å². The molecule has 0 radical (unpaired) electrons. The molecule has 0 spiro atoms. The van der Waals surface area contributed by atoms with Crippen LogP contribution >= 0.6 is 0 Å². The Balaban J connectivity index is 1.13. The quantitative estimate of drug-likeness (QED) is 0.403. The molecule has 0 bridgehead atoms. The van der Waals surface area contributed by atoms with Gasteiger partial charge in [0.2, 0.25) is 5.91 Å².